The Balaban J connectivity index is 1.88. The summed E-state index contributed by atoms with van der Waals surface area (Å²) in [6, 6.07) is 1.63. The van der Waals surface area contributed by atoms with E-state index in [2.05, 4.69) is 24.1 Å². The third-order valence-corrected chi connectivity index (χ3v) is 5.28. The highest BCUT2D eigenvalue weighted by atomic mass is 15.2. The van der Waals surface area contributed by atoms with Gasteiger partial charge >= 0.3 is 0 Å². The average Bonchev–Trinajstić information content (AvgIpc) is 2.91. The molecule has 2 unspecified atom stereocenters. The zero-order valence-electron chi connectivity index (χ0n) is 13.2. The summed E-state index contributed by atoms with van der Waals surface area (Å²) >= 11 is 0. The van der Waals surface area contributed by atoms with Crippen molar-refractivity contribution in [1.82, 2.24) is 10.2 Å². The van der Waals surface area contributed by atoms with Gasteiger partial charge in [-0.2, -0.15) is 0 Å². The van der Waals surface area contributed by atoms with E-state index in [-0.39, 0.29) is 0 Å². The standard InChI is InChI=1S/C17H34N2/c1-3-12-18-17(15-9-6-5-7-10-15)14-19-13-8-11-16(19)4-2/h15-18H,3-14H2,1-2H3. The summed E-state index contributed by atoms with van der Waals surface area (Å²) in [6.45, 7) is 8.50. The van der Waals surface area contributed by atoms with E-state index in [0.717, 1.165) is 18.0 Å². The van der Waals surface area contributed by atoms with E-state index in [4.69, 9.17) is 0 Å². The highest BCUT2D eigenvalue weighted by Crippen LogP contribution is 2.28. The van der Waals surface area contributed by atoms with Crippen molar-refractivity contribution in [3.8, 4) is 0 Å². The lowest BCUT2D eigenvalue weighted by Gasteiger charge is -2.35. The Morgan fingerprint density at radius 3 is 2.53 bits per heavy atom. The van der Waals surface area contributed by atoms with Crippen LogP contribution in [-0.2, 0) is 0 Å². The molecule has 19 heavy (non-hydrogen) atoms. The Kier molecular flexibility index (Phi) is 6.66. The van der Waals surface area contributed by atoms with Gasteiger partial charge in [-0.1, -0.05) is 33.1 Å². The summed E-state index contributed by atoms with van der Waals surface area (Å²) in [5, 5.41) is 3.87. The van der Waals surface area contributed by atoms with Crippen LogP contribution in [0.15, 0.2) is 0 Å². The normalized spacial score (nSPS) is 27.8. The second-order valence-electron chi connectivity index (χ2n) is 6.66. The molecule has 0 spiro atoms. The average molecular weight is 266 g/mol. The molecule has 1 aliphatic carbocycles. The van der Waals surface area contributed by atoms with E-state index in [9.17, 15) is 0 Å². The van der Waals surface area contributed by atoms with Gasteiger partial charge in [0, 0.05) is 18.6 Å². The summed E-state index contributed by atoms with van der Waals surface area (Å²) in [4.78, 5) is 2.78. The predicted octanol–water partition coefficient (Wildman–Crippen LogP) is 3.81. The second-order valence-corrected chi connectivity index (χ2v) is 6.66. The van der Waals surface area contributed by atoms with Crippen molar-refractivity contribution in [2.45, 2.75) is 83.7 Å². The van der Waals surface area contributed by atoms with Crippen LogP contribution in [0.3, 0.4) is 0 Å². The summed E-state index contributed by atoms with van der Waals surface area (Å²) in [6.07, 6.45) is 12.8. The summed E-state index contributed by atoms with van der Waals surface area (Å²) in [5.41, 5.74) is 0. The molecule has 2 nitrogen and oxygen atoms in total. The molecule has 112 valence electrons. The zero-order chi connectivity index (χ0) is 13.5. The highest BCUT2D eigenvalue weighted by Gasteiger charge is 2.29. The lowest BCUT2D eigenvalue weighted by atomic mass is 9.83. The SMILES string of the molecule is CCCNC(CN1CCCC1CC)C1CCCCC1. The van der Waals surface area contributed by atoms with Crippen molar-refractivity contribution in [3.05, 3.63) is 0 Å². The molecule has 1 saturated heterocycles. The Bertz CT molecular complexity index is 235. The van der Waals surface area contributed by atoms with E-state index < -0.39 is 0 Å². The van der Waals surface area contributed by atoms with Gasteiger partial charge in [-0.3, -0.25) is 4.90 Å². The first-order valence-electron chi connectivity index (χ1n) is 8.82. The number of likely N-dealkylation sites (tertiary alicyclic amines) is 1. The van der Waals surface area contributed by atoms with Gasteiger partial charge in [0.15, 0.2) is 0 Å². The third-order valence-electron chi connectivity index (χ3n) is 5.28. The number of rotatable bonds is 7. The van der Waals surface area contributed by atoms with Crippen molar-refractivity contribution < 1.29 is 0 Å². The maximum atomic E-state index is 3.87. The molecule has 2 rings (SSSR count). The summed E-state index contributed by atoms with van der Waals surface area (Å²) in [5.74, 6) is 0.943. The van der Waals surface area contributed by atoms with E-state index in [1.165, 1.54) is 77.4 Å². The molecule has 1 heterocycles. The summed E-state index contributed by atoms with van der Waals surface area (Å²) in [7, 11) is 0. The molecule has 2 heteroatoms. The molecule has 0 amide bonds. The van der Waals surface area contributed by atoms with Crippen molar-refractivity contribution in [3.63, 3.8) is 0 Å². The first-order chi connectivity index (χ1) is 9.35. The van der Waals surface area contributed by atoms with Crippen LogP contribution in [0.25, 0.3) is 0 Å². The van der Waals surface area contributed by atoms with Gasteiger partial charge in [0.25, 0.3) is 0 Å². The Morgan fingerprint density at radius 2 is 1.84 bits per heavy atom. The van der Waals surface area contributed by atoms with Crippen LogP contribution in [-0.4, -0.2) is 36.6 Å². The molecule has 2 fully saturated rings. The van der Waals surface area contributed by atoms with Crippen molar-refractivity contribution in [1.29, 1.82) is 0 Å². The van der Waals surface area contributed by atoms with E-state index in [0.29, 0.717) is 0 Å². The van der Waals surface area contributed by atoms with Gasteiger partial charge in [-0.25, -0.2) is 0 Å². The van der Waals surface area contributed by atoms with Crippen molar-refractivity contribution >= 4 is 0 Å². The van der Waals surface area contributed by atoms with Crippen LogP contribution in [0.4, 0.5) is 0 Å². The van der Waals surface area contributed by atoms with Crippen LogP contribution >= 0.6 is 0 Å². The quantitative estimate of drug-likeness (QED) is 0.754. The molecule has 0 bridgehead atoms. The van der Waals surface area contributed by atoms with Crippen LogP contribution in [0.1, 0.15) is 71.6 Å². The number of hydrogen-bond acceptors (Lipinski definition) is 2. The Hall–Kier alpha value is -0.0800. The lowest BCUT2D eigenvalue weighted by molar-refractivity contribution is 0.171. The maximum absolute atomic E-state index is 3.87. The molecule has 1 N–H and O–H groups in total. The molecule has 2 atom stereocenters. The molecular formula is C17H34N2. The van der Waals surface area contributed by atoms with Gasteiger partial charge in [0.05, 0.1) is 0 Å². The van der Waals surface area contributed by atoms with Crippen LogP contribution < -0.4 is 5.32 Å². The van der Waals surface area contributed by atoms with Gasteiger partial charge in [0.2, 0.25) is 0 Å². The molecule has 1 saturated carbocycles. The number of nitrogens with zero attached hydrogens (tertiary/aromatic N) is 1. The van der Waals surface area contributed by atoms with Crippen molar-refractivity contribution in [2.24, 2.45) is 5.92 Å². The molecule has 0 radical (unpaired) electrons. The first-order valence-corrected chi connectivity index (χ1v) is 8.82. The fourth-order valence-corrected chi connectivity index (χ4v) is 4.10. The molecule has 0 aromatic heterocycles. The molecule has 2 aliphatic rings. The third kappa shape index (κ3) is 4.46. The van der Waals surface area contributed by atoms with Crippen LogP contribution in [0.5, 0.6) is 0 Å². The lowest BCUT2D eigenvalue weighted by Crippen LogP contribution is -2.47. The molecule has 0 aromatic rings. The van der Waals surface area contributed by atoms with E-state index in [1.54, 1.807) is 0 Å². The van der Waals surface area contributed by atoms with Gasteiger partial charge in [-0.05, 0) is 57.5 Å². The fraction of sp³-hybridized carbons (Fsp3) is 1.00. The number of nitrogens with one attached hydrogen (secondary N) is 1. The summed E-state index contributed by atoms with van der Waals surface area (Å²) < 4.78 is 0. The predicted molar refractivity (Wildman–Crippen MR) is 83.5 cm³/mol. The molecule has 1 aliphatic heterocycles. The smallest absolute Gasteiger partial charge is 0.0223 e. The highest BCUT2D eigenvalue weighted by molar-refractivity contribution is 4.86. The van der Waals surface area contributed by atoms with Crippen molar-refractivity contribution in [2.75, 3.05) is 19.6 Å². The molecule has 0 aromatic carbocycles. The Labute approximate surface area is 120 Å². The zero-order valence-corrected chi connectivity index (χ0v) is 13.2. The van der Waals surface area contributed by atoms with E-state index in [1.807, 2.05) is 0 Å². The fourth-order valence-electron chi connectivity index (χ4n) is 4.10. The largest absolute Gasteiger partial charge is 0.312 e. The topological polar surface area (TPSA) is 15.3 Å². The minimum atomic E-state index is 0.757. The minimum Gasteiger partial charge on any atom is -0.312 e. The minimum absolute atomic E-state index is 0.757. The Morgan fingerprint density at radius 1 is 1.05 bits per heavy atom. The van der Waals surface area contributed by atoms with Gasteiger partial charge in [-0.15, -0.1) is 0 Å². The maximum Gasteiger partial charge on any atom is 0.0223 e. The second kappa shape index (κ2) is 8.26. The monoisotopic (exact) mass is 266 g/mol. The first kappa shape index (κ1) is 15.3. The van der Waals surface area contributed by atoms with Crippen LogP contribution in [0, 0.1) is 5.92 Å². The molecular weight excluding hydrogens is 232 g/mol. The number of hydrogen-bond donors (Lipinski definition) is 1. The van der Waals surface area contributed by atoms with Gasteiger partial charge < -0.3 is 5.32 Å². The van der Waals surface area contributed by atoms with Gasteiger partial charge in [0.1, 0.15) is 0 Å². The van der Waals surface area contributed by atoms with E-state index >= 15 is 0 Å². The van der Waals surface area contributed by atoms with Crippen LogP contribution in [0.2, 0.25) is 0 Å².